The number of rotatable bonds is 6. The van der Waals surface area contributed by atoms with E-state index in [-0.39, 0.29) is 24.0 Å². The van der Waals surface area contributed by atoms with Crippen LogP contribution in [0.2, 0.25) is 0 Å². The van der Waals surface area contributed by atoms with Crippen LogP contribution in [0.5, 0.6) is 0 Å². The van der Waals surface area contributed by atoms with E-state index in [2.05, 4.69) is 36.5 Å². The molecule has 11 nitrogen and oxygen atoms in total. The second-order valence-corrected chi connectivity index (χ2v) is 6.59. The van der Waals surface area contributed by atoms with Gasteiger partial charge < -0.3 is 14.3 Å². The van der Waals surface area contributed by atoms with E-state index in [9.17, 15) is 14.9 Å². The summed E-state index contributed by atoms with van der Waals surface area (Å²) < 4.78 is 12.3. The van der Waals surface area contributed by atoms with Crippen LogP contribution in [0.25, 0.3) is 23.0 Å². The fourth-order valence-corrected chi connectivity index (χ4v) is 2.76. The molecule has 0 saturated carbocycles. The highest BCUT2D eigenvalue weighted by Crippen LogP contribution is 2.26. The zero-order chi connectivity index (χ0) is 20.4. The first-order valence-corrected chi connectivity index (χ1v) is 8.94. The molecule has 4 aromatic rings. The average molecular weight is 459 g/mol. The molecule has 146 valence electrons. The molecule has 0 radical (unpaired) electrons. The molecule has 3 heterocycles. The van der Waals surface area contributed by atoms with Gasteiger partial charge in [-0.15, -0.1) is 0 Å². The maximum absolute atomic E-state index is 12.1. The van der Waals surface area contributed by atoms with Crippen molar-refractivity contribution in [3.05, 3.63) is 63.6 Å². The van der Waals surface area contributed by atoms with Crippen molar-refractivity contribution in [2.24, 2.45) is 0 Å². The van der Waals surface area contributed by atoms with Crippen LogP contribution in [-0.2, 0) is 11.3 Å². The molecule has 4 rings (SSSR count). The molecule has 0 aliphatic heterocycles. The van der Waals surface area contributed by atoms with E-state index in [4.69, 9.17) is 8.94 Å². The van der Waals surface area contributed by atoms with E-state index in [0.717, 1.165) is 6.20 Å². The van der Waals surface area contributed by atoms with E-state index < -0.39 is 4.92 Å². The number of carbonyl (C=O) groups is 1. The van der Waals surface area contributed by atoms with Crippen molar-refractivity contribution in [2.45, 2.75) is 6.54 Å². The molecule has 1 amide bonds. The Hall–Kier alpha value is -3.80. The van der Waals surface area contributed by atoms with Crippen LogP contribution in [0.15, 0.2) is 62.4 Å². The smallest absolute Gasteiger partial charge is 0.307 e. The summed E-state index contributed by atoms with van der Waals surface area (Å²) in [6, 6.07) is 10.2. The van der Waals surface area contributed by atoms with Gasteiger partial charge in [0.1, 0.15) is 18.9 Å². The summed E-state index contributed by atoms with van der Waals surface area (Å²) in [7, 11) is 0. The van der Waals surface area contributed by atoms with Gasteiger partial charge in [-0.1, -0.05) is 5.16 Å². The third-order valence-electron chi connectivity index (χ3n) is 3.77. The van der Waals surface area contributed by atoms with Crippen molar-refractivity contribution >= 4 is 33.2 Å². The van der Waals surface area contributed by atoms with Crippen LogP contribution in [-0.4, -0.2) is 30.8 Å². The summed E-state index contributed by atoms with van der Waals surface area (Å²) in [4.78, 5) is 26.4. The van der Waals surface area contributed by atoms with E-state index in [1.165, 1.54) is 10.9 Å². The normalized spacial score (nSPS) is 10.8. The fourth-order valence-electron chi connectivity index (χ4n) is 2.45. The minimum Gasteiger partial charge on any atom is -0.444 e. The summed E-state index contributed by atoms with van der Waals surface area (Å²) in [5, 5.41) is 21.0. The van der Waals surface area contributed by atoms with Crippen molar-refractivity contribution in [3.8, 4) is 23.0 Å². The quantitative estimate of drug-likeness (QED) is 0.341. The lowest BCUT2D eigenvalue weighted by atomic mass is 10.2. The molecular weight excluding hydrogens is 448 g/mol. The Morgan fingerprint density at radius 2 is 2.03 bits per heavy atom. The van der Waals surface area contributed by atoms with Gasteiger partial charge in [0.15, 0.2) is 10.4 Å². The lowest BCUT2D eigenvalue weighted by Crippen LogP contribution is -2.18. The third-order valence-corrected chi connectivity index (χ3v) is 4.20. The number of benzene rings is 1. The molecule has 3 aromatic heterocycles. The second-order valence-electron chi connectivity index (χ2n) is 5.81. The van der Waals surface area contributed by atoms with Gasteiger partial charge in [0.25, 0.3) is 5.89 Å². The Bertz CT molecular complexity index is 1180. The van der Waals surface area contributed by atoms with Crippen molar-refractivity contribution in [1.82, 2.24) is 19.9 Å². The summed E-state index contributed by atoms with van der Waals surface area (Å²) >= 11 is 3.21. The minimum absolute atomic E-state index is 0.150. The van der Waals surface area contributed by atoms with Gasteiger partial charge in [-0.05, 0) is 52.3 Å². The first-order chi connectivity index (χ1) is 14.0. The highest BCUT2D eigenvalue weighted by molar-refractivity contribution is 9.10. The summed E-state index contributed by atoms with van der Waals surface area (Å²) in [6.07, 6.45) is 2.27. The van der Waals surface area contributed by atoms with E-state index in [1.54, 1.807) is 36.4 Å². The summed E-state index contributed by atoms with van der Waals surface area (Å²) in [5.74, 6) is 0.685. The van der Waals surface area contributed by atoms with Gasteiger partial charge in [0, 0.05) is 11.3 Å². The molecule has 0 atom stereocenters. The minimum atomic E-state index is -0.575. The van der Waals surface area contributed by atoms with E-state index in [1.807, 2.05) is 0 Å². The molecule has 0 unspecified atom stereocenters. The molecule has 0 aliphatic rings. The first kappa shape index (κ1) is 18.6. The molecule has 1 aromatic carbocycles. The maximum Gasteiger partial charge on any atom is 0.307 e. The largest absolute Gasteiger partial charge is 0.444 e. The van der Waals surface area contributed by atoms with Crippen molar-refractivity contribution < 1.29 is 18.7 Å². The molecule has 0 saturated heterocycles. The molecule has 29 heavy (non-hydrogen) atoms. The molecule has 0 fully saturated rings. The Morgan fingerprint density at radius 3 is 2.69 bits per heavy atom. The Labute approximate surface area is 170 Å². The monoisotopic (exact) mass is 458 g/mol. The first-order valence-electron chi connectivity index (χ1n) is 8.14. The number of anilines is 1. The van der Waals surface area contributed by atoms with Crippen LogP contribution in [0.1, 0.15) is 0 Å². The van der Waals surface area contributed by atoms with Gasteiger partial charge in [0.2, 0.25) is 11.7 Å². The SMILES string of the molecule is O=C(Cn1cc([N+](=O)[O-])cn1)Nc1ccc(-c2noc(-c3ccc(Br)o3)n2)cc1. The summed E-state index contributed by atoms with van der Waals surface area (Å²) in [6.45, 7) is -0.150. The number of halogens is 1. The van der Waals surface area contributed by atoms with Crippen LogP contribution in [0.3, 0.4) is 0 Å². The lowest BCUT2D eigenvalue weighted by molar-refractivity contribution is -0.385. The predicted molar refractivity (Wildman–Crippen MR) is 103 cm³/mol. The van der Waals surface area contributed by atoms with Crippen molar-refractivity contribution in [1.29, 1.82) is 0 Å². The number of furan rings is 1. The molecule has 1 N–H and O–H groups in total. The average Bonchev–Trinajstić information content (AvgIpc) is 3.42. The lowest BCUT2D eigenvalue weighted by Gasteiger charge is -2.05. The molecule has 0 spiro atoms. The van der Waals surface area contributed by atoms with Crippen LogP contribution < -0.4 is 5.32 Å². The standard InChI is InChI=1S/C17H11BrN6O5/c18-14-6-5-13(28-14)17-21-16(22-29-17)10-1-3-11(4-2-10)20-15(25)9-23-8-12(7-19-23)24(26)27/h1-8H,9H2,(H,20,25). The molecular formula is C17H11BrN6O5. The number of nitro groups is 1. The Kier molecular flexibility index (Phi) is 4.91. The highest BCUT2D eigenvalue weighted by atomic mass is 79.9. The van der Waals surface area contributed by atoms with E-state index >= 15 is 0 Å². The second kappa shape index (κ2) is 7.67. The highest BCUT2D eigenvalue weighted by Gasteiger charge is 2.14. The number of carbonyl (C=O) groups excluding carboxylic acids is 1. The summed E-state index contributed by atoms with van der Waals surface area (Å²) in [5.41, 5.74) is 1.05. The number of aromatic nitrogens is 4. The van der Waals surface area contributed by atoms with Gasteiger partial charge >= 0.3 is 5.69 Å². The third kappa shape index (κ3) is 4.21. The van der Waals surface area contributed by atoms with E-state index in [0.29, 0.717) is 27.5 Å². The van der Waals surface area contributed by atoms with Crippen LogP contribution in [0, 0.1) is 10.1 Å². The molecule has 0 aliphatic carbocycles. The number of hydrogen-bond acceptors (Lipinski definition) is 8. The van der Waals surface area contributed by atoms with Gasteiger partial charge in [0.05, 0.1) is 4.92 Å². The van der Waals surface area contributed by atoms with Crippen molar-refractivity contribution in [3.63, 3.8) is 0 Å². The molecule has 12 heteroatoms. The Balaban J connectivity index is 1.40. The topological polar surface area (TPSA) is 142 Å². The maximum atomic E-state index is 12.1. The zero-order valence-electron chi connectivity index (χ0n) is 14.5. The predicted octanol–water partition coefficient (Wildman–Crippen LogP) is 3.50. The number of amides is 1. The number of nitrogens with zero attached hydrogens (tertiary/aromatic N) is 5. The van der Waals surface area contributed by atoms with Gasteiger partial charge in [-0.2, -0.15) is 10.1 Å². The van der Waals surface area contributed by atoms with Crippen LogP contribution in [0.4, 0.5) is 11.4 Å². The molecule has 0 bridgehead atoms. The van der Waals surface area contributed by atoms with Crippen molar-refractivity contribution in [2.75, 3.05) is 5.32 Å². The van der Waals surface area contributed by atoms with Crippen LogP contribution >= 0.6 is 15.9 Å². The number of nitrogens with one attached hydrogen (secondary N) is 1. The Morgan fingerprint density at radius 1 is 1.24 bits per heavy atom. The zero-order valence-corrected chi connectivity index (χ0v) is 16.1. The van der Waals surface area contributed by atoms with Gasteiger partial charge in [-0.25, -0.2) is 0 Å². The van der Waals surface area contributed by atoms with Gasteiger partial charge in [-0.3, -0.25) is 19.6 Å². The number of hydrogen-bond donors (Lipinski definition) is 1. The fraction of sp³-hybridized carbons (Fsp3) is 0.0588.